The van der Waals surface area contributed by atoms with Crippen molar-refractivity contribution in [3.8, 4) is 0 Å². The van der Waals surface area contributed by atoms with Crippen molar-refractivity contribution in [2.45, 2.75) is 4.90 Å². The second-order valence-electron chi connectivity index (χ2n) is 6.08. The molecule has 0 aromatic heterocycles. The molecule has 3 aromatic rings. The first-order valence-electron chi connectivity index (χ1n) is 8.69. The third-order valence-electron chi connectivity index (χ3n) is 3.83. The van der Waals surface area contributed by atoms with Crippen LogP contribution in [-0.4, -0.2) is 54.6 Å². The second-order valence-corrected chi connectivity index (χ2v) is 7.47. The van der Waals surface area contributed by atoms with E-state index < -0.39 is 27.1 Å². The molecule has 0 aliphatic heterocycles. The van der Waals surface area contributed by atoms with Crippen LogP contribution in [-0.2, 0) is 10.1 Å². The Bertz CT molecular complexity index is 1160. The first kappa shape index (κ1) is 24.4. The van der Waals surface area contributed by atoms with Crippen molar-refractivity contribution in [1.82, 2.24) is 0 Å². The van der Waals surface area contributed by atoms with E-state index in [1.54, 1.807) is 60.7 Å². The van der Waals surface area contributed by atoms with E-state index in [0.717, 1.165) is 6.07 Å². The summed E-state index contributed by atoms with van der Waals surface area (Å²) in [6, 6.07) is 19.5. The Kier molecular flexibility index (Phi) is 8.60. The average Bonchev–Trinajstić information content (AvgIpc) is 2.70. The molecule has 5 N–H and O–H groups in total. The van der Waals surface area contributed by atoms with Crippen LogP contribution in [0, 0.1) is 0 Å². The Balaban J connectivity index is 0.00000341. The maximum atomic E-state index is 12.1. The molecule has 3 aromatic carbocycles. The minimum absolute atomic E-state index is 0. The van der Waals surface area contributed by atoms with E-state index in [1.165, 1.54) is 12.1 Å². The van der Waals surface area contributed by atoms with Gasteiger partial charge in [-0.2, -0.15) is 8.42 Å². The summed E-state index contributed by atoms with van der Waals surface area (Å²) in [7, 11) is -4.68. The van der Waals surface area contributed by atoms with Gasteiger partial charge in [-0.3, -0.25) is 4.55 Å². The van der Waals surface area contributed by atoms with Gasteiger partial charge in [-0.05, 0) is 42.5 Å². The van der Waals surface area contributed by atoms with Crippen LogP contribution in [0.5, 0.6) is 0 Å². The summed E-state index contributed by atoms with van der Waals surface area (Å²) in [5.74, 6) is 0. The van der Waals surface area contributed by atoms with E-state index in [1.807, 2.05) is 0 Å². The molecule has 0 radical (unpaired) electrons. The van der Waals surface area contributed by atoms with Crippen LogP contribution in [0.25, 0.3) is 0 Å². The fraction of sp³-hybridized carbons (Fsp3) is 0. The molecule has 11 heteroatoms. The number of carbonyl (C=O) groups excluding carboxylic acids is 2. The molecule has 4 amide bonds. The van der Waals surface area contributed by atoms with Gasteiger partial charge in [0.2, 0.25) is 0 Å². The van der Waals surface area contributed by atoms with Crippen LogP contribution in [0.1, 0.15) is 0 Å². The van der Waals surface area contributed by atoms with E-state index in [2.05, 4.69) is 21.3 Å². The molecule has 0 bridgehead atoms. The predicted molar refractivity (Wildman–Crippen MR) is 122 cm³/mol. The SMILES string of the molecule is O=C(Nc1ccccc1)Nc1ccc(NC(=O)Nc2ccccc2)c(S(=O)(=O)O)c1.[NaH]. The summed E-state index contributed by atoms with van der Waals surface area (Å²) >= 11 is 0. The first-order chi connectivity index (χ1) is 14.3. The second kappa shape index (κ2) is 10.9. The van der Waals surface area contributed by atoms with Crippen molar-refractivity contribution < 1.29 is 22.6 Å². The van der Waals surface area contributed by atoms with Crippen molar-refractivity contribution in [3.05, 3.63) is 78.9 Å². The molecular weight excluding hydrogens is 431 g/mol. The molecule has 0 heterocycles. The van der Waals surface area contributed by atoms with Crippen LogP contribution in [0.3, 0.4) is 0 Å². The van der Waals surface area contributed by atoms with Gasteiger partial charge in [-0.15, -0.1) is 0 Å². The summed E-state index contributed by atoms with van der Waals surface area (Å²) in [6.07, 6.45) is 0. The third-order valence-corrected chi connectivity index (χ3v) is 4.72. The Hall–Kier alpha value is -2.89. The van der Waals surface area contributed by atoms with E-state index in [4.69, 9.17) is 0 Å². The van der Waals surface area contributed by atoms with Gasteiger partial charge in [0, 0.05) is 17.1 Å². The van der Waals surface area contributed by atoms with Crippen LogP contribution in [0.4, 0.5) is 32.3 Å². The predicted octanol–water partition coefficient (Wildman–Crippen LogP) is 3.57. The minimum atomic E-state index is -4.68. The molecule has 156 valence electrons. The van der Waals surface area contributed by atoms with Crippen LogP contribution in [0.15, 0.2) is 83.8 Å². The van der Waals surface area contributed by atoms with E-state index in [9.17, 15) is 22.6 Å². The number of urea groups is 2. The molecular formula is C20H19N4NaO5S. The standard InChI is InChI=1S/C20H18N4O5S.Na.H/c25-19(21-14-7-3-1-4-8-14)23-16-11-12-17(18(13-16)30(27,28)29)24-20(26)22-15-9-5-2-6-10-15;;/h1-13H,(H2,21,23,25)(H2,22,24,26)(H,27,28,29);;. The van der Waals surface area contributed by atoms with Crippen molar-refractivity contribution in [3.63, 3.8) is 0 Å². The summed E-state index contributed by atoms with van der Waals surface area (Å²) in [6.45, 7) is 0. The van der Waals surface area contributed by atoms with Crippen LogP contribution < -0.4 is 21.3 Å². The molecule has 0 aliphatic rings. The molecule has 0 unspecified atom stereocenters. The van der Waals surface area contributed by atoms with Crippen LogP contribution in [0.2, 0.25) is 0 Å². The number of hydrogen-bond donors (Lipinski definition) is 5. The summed E-state index contributed by atoms with van der Waals surface area (Å²) < 4.78 is 33.1. The molecule has 0 aliphatic carbocycles. The number of anilines is 4. The van der Waals surface area contributed by atoms with E-state index in [0.29, 0.717) is 11.4 Å². The Morgan fingerprint density at radius 3 is 1.58 bits per heavy atom. The van der Waals surface area contributed by atoms with E-state index in [-0.39, 0.29) is 40.9 Å². The number of rotatable bonds is 5. The number of benzene rings is 3. The van der Waals surface area contributed by atoms with Crippen molar-refractivity contribution in [2.24, 2.45) is 0 Å². The van der Waals surface area contributed by atoms with Gasteiger partial charge < -0.3 is 21.3 Å². The molecule has 0 saturated heterocycles. The fourth-order valence-corrected chi connectivity index (χ4v) is 3.21. The summed E-state index contributed by atoms with van der Waals surface area (Å²) in [4.78, 5) is 23.7. The van der Waals surface area contributed by atoms with Crippen LogP contribution >= 0.6 is 0 Å². The molecule has 31 heavy (non-hydrogen) atoms. The van der Waals surface area contributed by atoms with Gasteiger partial charge in [-0.25, -0.2) is 9.59 Å². The number of para-hydroxylation sites is 2. The Morgan fingerprint density at radius 1 is 0.645 bits per heavy atom. The fourth-order valence-electron chi connectivity index (χ4n) is 2.54. The van der Waals surface area contributed by atoms with Gasteiger partial charge in [0.25, 0.3) is 10.1 Å². The molecule has 3 rings (SSSR count). The molecule has 0 spiro atoms. The number of nitrogens with one attached hydrogen (secondary N) is 4. The topological polar surface area (TPSA) is 137 Å². The normalized spacial score (nSPS) is 10.4. The van der Waals surface area contributed by atoms with Gasteiger partial charge in [-0.1, -0.05) is 36.4 Å². The summed E-state index contributed by atoms with van der Waals surface area (Å²) in [5.41, 5.74) is 0.991. The first-order valence-corrected chi connectivity index (χ1v) is 10.1. The van der Waals surface area contributed by atoms with Crippen molar-refractivity contribution >= 4 is 74.5 Å². The van der Waals surface area contributed by atoms with Gasteiger partial charge in [0.1, 0.15) is 4.90 Å². The van der Waals surface area contributed by atoms with E-state index >= 15 is 0 Å². The molecule has 0 fully saturated rings. The zero-order chi connectivity index (χ0) is 21.6. The number of amides is 4. The zero-order valence-electron chi connectivity index (χ0n) is 15.5. The molecule has 0 saturated carbocycles. The molecule has 9 nitrogen and oxygen atoms in total. The Morgan fingerprint density at radius 2 is 1.10 bits per heavy atom. The zero-order valence-corrected chi connectivity index (χ0v) is 16.3. The van der Waals surface area contributed by atoms with Crippen molar-refractivity contribution in [2.75, 3.05) is 21.3 Å². The average molecular weight is 450 g/mol. The number of hydrogen-bond acceptors (Lipinski definition) is 4. The third kappa shape index (κ3) is 7.39. The summed E-state index contributed by atoms with van der Waals surface area (Å²) in [5, 5.41) is 9.96. The van der Waals surface area contributed by atoms with Gasteiger partial charge in [0.05, 0.1) is 5.69 Å². The van der Waals surface area contributed by atoms with Crippen molar-refractivity contribution in [1.29, 1.82) is 0 Å². The maximum absolute atomic E-state index is 12.1. The number of carbonyl (C=O) groups is 2. The van der Waals surface area contributed by atoms with Gasteiger partial charge >= 0.3 is 41.6 Å². The molecule has 0 atom stereocenters. The quantitative estimate of drug-likeness (QED) is 0.299. The monoisotopic (exact) mass is 450 g/mol. The Labute approximate surface area is 201 Å². The van der Waals surface area contributed by atoms with Gasteiger partial charge in [0.15, 0.2) is 0 Å².